The van der Waals surface area contributed by atoms with Crippen molar-refractivity contribution in [2.24, 2.45) is 0 Å². The maximum absolute atomic E-state index is 12.5. The summed E-state index contributed by atoms with van der Waals surface area (Å²) in [4.78, 5) is 27.3. The Hall–Kier alpha value is -4.54. The van der Waals surface area contributed by atoms with E-state index in [0.29, 0.717) is 11.3 Å². The number of nitro benzene ring substituents is 1. The first-order chi connectivity index (χ1) is 17.0. The van der Waals surface area contributed by atoms with Gasteiger partial charge in [-0.15, -0.1) is 5.10 Å². The molecule has 0 unspecified atom stereocenters. The van der Waals surface area contributed by atoms with Crippen LogP contribution in [-0.2, 0) is 19.6 Å². The SMILES string of the molecule is Cc1ccc(NC(=O)c2coc(COc3ccc(CCCCn4ccnn4)cc3)n2)c([N+](=O)[O-])c1. The van der Waals surface area contributed by atoms with Crippen molar-refractivity contribution in [3.8, 4) is 5.75 Å². The molecule has 180 valence electrons. The number of rotatable bonds is 11. The van der Waals surface area contributed by atoms with Gasteiger partial charge in [-0.05, 0) is 55.5 Å². The second-order valence-corrected chi connectivity index (χ2v) is 7.91. The lowest BCUT2D eigenvalue weighted by Gasteiger charge is -2.06. The Kier molecular flexibility index (Phi) is 7.46. The van der Waals surface area contributed by atoms with Gasteiger partial charge in [-0.25, -0.2) is 4.98 Å². The van der Waals surface area contributed by atoms with E-state index in [1.54, 1.807) is 19.2 Å². The molecule has 35 heavy (non-hydrogen) atoms. The normalized spacial score (nSPS) is 10.8. The van der Waals surface area contributed by atoms with Gasteiger partial charge in [0.2, 0.25) is 5.89 Å². The minimum atomic E-state index is -0.611. The van der Waals surface area contributed by atoms with Crippen LogP contribution in [0, 0.1) is 17.0 Å². The van der Waals surface area contributed by atoms with Crippen LogP contribution in [0.25, 0.3) is 0 Å². The molecule has 1 amide bonds. The molecule has 0 aliphatic heterocycles. The highest BCUT2D eigenvalue weighted by molar-refractivity contribution is 6.03. The van der Waals surface area contributed by atoms with Crippen LogP contribution in [0.3, 0.4) is 0 Å². The van der Waals surface area contributed by atoms with Crippen LogP contribution in [-0.4, -0.2) is 30.8 Å². The Morgan fingerprint density at radius 1 is 1.20 bits per heavy atom. The second kappa shape index (κ2) is 11.1. The summed E-state index contributed by atoms with van der Waals surface area (Å²) in [5.74, 6) is 0.252. The van der Waals surface area contributed by atoms with E-state index in [2.05, 4.69) is 20.6 Å². The quantitative estimate of drug-likeness (QED) is 0.192. The molecule has 0 saturated heterocycles. The van der Waals surface area contributed by atoms with Crippen molar-refractivity contribution >= 4 is 17.3 Å². The van der Waals surface area contributed by atoms with Gasteiger partial charge in [0.15, 0.2) is 12.3 Å². The molecule has 0 aliphatic carbocycles. The number of hydrogen-bond acceptors (Lipinski definition) is 8. The Labute approximate surface area is 200 Å². The fraction of sp³-hybridized carbons (Fsp3) is 0.250. The van der Waals surface area contributed by atoms with Crippen LogP contribution in [0.4, 0.5) is 11.4 Å². The number of benzene rings is 2. The average molecular weight is 476 g/mol. The molecule has 0 atom stereocenters. The zero-order chi connectivity index (χ0) is 24.6. The van der Waals surface area contributed by atoms with Crippen LogP contribution in [0.1, 0.15) is 40.3 Å². The maximum atomic E-state index is 12.5. The first-order valence-corrected chi connectivity index (χ1v) is 11.0. The van der Waals surface area contributed by atoms with Crippen molar-refractivity contribution in [2.45, 2.75) is 39.3 Å². The predicted molar refractivity (Wildman–Crippen MR) is 126 cm³/mol. The Bertz CT molecular complexity index is 1280. The molecule has 4 rings (SSSR count). The molecule has 1 N–H and O–H groups in total. The summed E-state index contributed by atoms with van der Waals surface area (Å²) in [5.41, 5.74) is 1.82. The molecular formula is C24H24N6O5. The highest BCUT2D eigenvalue weighted by atomic mass is 16.6. The van der Waals surface area contributed by atoms with E-state index in [4.69, 9.17) is 9.15 Å². The van der Waals surface area contributed by atoms with Gasteiger partial charge in [-0.2, -0.15) is 0 Å². The van der Waals surface area contributed by atoms with E-state index in [1.165, 1.54) is 24.0 Å². The first kappa shape index (κ1) is 23.6. The predicted octanol–water partition coefficient (Wildman–Crippen LogP) is 4.34. The summed E-state index contributed by atoms with van der Waals surface area (Å²) < 4.78 is 12.8. The number of carbonyl (C=O) groups excluding carboxylic acids is 1. The third-order valence-electron chi connectivity index (χ3n) is 5.24. The largest absolute Gasteiger partial charge is 0.484 e. The third kappa shape index (κ3) is 6.50. The Morgan fingerprint density at radius 3 is 2.77 bits per heavy atom. The number of nitro groups is 1. The van der Waals surface area contributed by atoms with Gasteiger partial charge in [-0.3, -0.25) is 19.6 Å². The van der Waals surface area contributed by atoms with Crippen molar-refractivity contribution in [1.82, 2.24) is 20.0 Å². The lowest BCUT2D eigenvalue weighted by molar-refractivity contribution is -0.384. The molecule has 2 aromatic carbocycles. The number of nitrogens with zero attached hydrogens (tertiary/aromatic N) is 5. The van der Waals surface area contributed by atoms with E-state index >= 15 is 0 Å². The second-order valence-electron chi connectivity index (χ2n) is 7.91. The number of hydrogen-bond donors (Lipinski definition) is 1. The molecule has 0 spiro atoms. The fourth-order valence-electron chi connectivity index (χ4n) is 3.42. The van der Waals surface area contributed by atoms with Crippen LogP contribution >= 0.6 is 0 Å². The summed E-state index contributed by atoms with van der Waals surface area (Å²) in [6, 6.07) is 12.3. The fourth-order valence-corrected chi connectivity index (χ4v) is 3.42. The molecule has 0 bridgehead atoms. The number of amides is 1. The lowest BCUT2D eigenvalue weighted by Crippen LogP contribution is -2.14. The number of nitrogens with one attached hydrogen (secondary N) is 1. The summed E-state index contributed by atoms with van der Waals surface area (Å²) in [5, 5.41) is 21.5. The highest BCUT2D eigenvalue weighted by Gasteiger charge is 2.19. The van der Waals surface area contributed by atoms with Crippen molar-refractivity contribution in [3.63, 3.8) is 0 Å². The van der Waals surface area contributed by atoms with Gasteiger partial charge >= 0.3 is 0 Å². The standard InChI is InChI=1S/C24H24N6O5/c1-17-5-10-20(22(14-17)30(32)33)27-24(31)21-15-35-23(26-21)16-34-19-8-6-18(7-9-19)4-2-3-12-29-13-11-25-28-29/h5-11,13-15H,2-4,12,16H2,1H3,(H,27,31). The van der Waals surface area contributed by atoms with E-state index in [1.807, 2.05) is 35.1 Å². The average Bonchev–Trinajstić information content (AvgIpc) is 3.55. The molecule has 2 aromatic heterocycles. The number of aromatic nitrogens is 4. The van der Waals surface area contributed by atoms with Crippen molar-refractivity contribution in [3.05, 3.63) is 93.9 Å². The van der Waals surface area contributed by atoms with Gasteiger partial charge < -0.3 is 14.5 Å². The van der Waals surface area contributed by atoms with Crippen LogP contribution in [0.5, 0.6) is 5.75 Å². The topological polar surface area (TPSA) is 138 Å². The molecule has 2 heterocycles. The van der Waals surface area contributed by atoms with Crippen LogP contribution in [0.15, 0.2) is 65.5 Å². The molecular weight excluding hydrogens is 452 g/mol. The van der Waals surface area contributed by atoms with Gasteiger partial charge in [0.05, 0.1) is 11.1 Å². The first-order valence-electron chi connectivity index (χ1n) is 11.0. The molecule has 0 radical (unpaired) electrons. The zero-order valence-electron chi connectivity index (χ0n) is 19.1. The van der Waals surface area contributed by atoms with Crippen LogP contribution in [0.2, 0.25) is 0 Å². The van der Waals surface area contributed by atoms with E-state index in [-0.39, 0.29) is 29.6 Å². The number of oxazole rings is 1. The number of unbranched alkanes of at least 4 members (excludes halogenated alkanes) is 1. The number of carbonyl (C=O) groups is 1. The van der Waals surface area contributed by atoms with E-state index < -0.39 is 10.8 Å². The molecule has 0 saturated carbocycles. The smallest absolute Gasteiger partial charge is 0.293 e. The summed E-state index contributed by atoms with van der Waals surface area (Å²) >= 11 is 0. The van der Waals surface area contributed by atoms with Gasteiger partial charge in [0, 0.05) is 18.8 Å². The van der Waals surface area contributed by atoms with E-state index in [9.17, 15) is 14.9 Å². The third-order valence-corrected chi connectivity index (χ3v) is 5.24. The summed E-state index contributed by atoms with van der Waals surface area (Å²) in [6.45, 7) is 2.62. The number of ether oxygens (including phenoxy) is 1. The van der Waals surface area contributed by atoms with E-state index in [0.717, 1.165) is 25.8 Å². The minimum absolute atomic E-state index is 0.000265. The summed E-state index contributed by atoms with van der Waals surface area (Å²) in [7, 11) is 0. The van der Waals surface area contributed by atoms with Crippen molar-refractivity contribution < 1.29 is 18.9 Å². The van der Waals surface area contributed by atoms with Gasteiger partial charge in [0.25, 0.3) is 11.6 Å². The monoisotopic (exact) mass is 476 g/mol. The number of anilines is 1. The molecule has 11 heteroatoms. The zero-order valence-corrected chi connectivity index (χ0v) is 19.1. The van der Waals surface area contributed by atoms with Gasteiger partial charge in [0.1, 0.15) is 17.7 Å². The molecule has 0 fully saturated rings. The maximum Gasteiger partial charge on any atom is 0.293 e. The molecule has 4 aromatic rings. The Balaban J connectivity index is 1.25. The number of aryl methyl sites for hydroxylation is 3. The highest BCUT2D eigenvalue weighted by Crippen LogP contribution is 2.26. The Morgan fingerprint density at radius 2 is 2.03 bits per heavy atom. The van der Waals surface area contributed by atoms with Crippen LogP contribution < -0.4 is 10.1 Å². The van der Waals surface area contributed by atoms with Gasteiger partial charge in [-0.1, -0.05) is 23.4 Å². The molecule has 11 nitrogen and oxygen atoms in total. The lowest BCUT2D eigenvalue weighted by atomic mass is 10.1. The van der Waals surface area contributed by atoms with Crippen molar-refractivity contribution in [2.75, 3.05) is 5.32 Å². The molecule has 0 aliphatic rings. The summed E-state index contributed by atoms with van der Waals surface area (Å²) in [6.07, 6.45) is 7.71. The minimum Gasteiger partial charge on any atom is -0.484 e. The van der Waals surface area contributed by atoms with Crippen molar-refractivity contribution in [1.29, 1.82) is 0 Å².